The zero-order valence-electron chi connectivity index (χ0n) is 12.4. The lowest BCUT2D eigenvalue weighted by Gasteiger charge is -2.44. The molecular formula is C15H20N4O2. The summed E-state index contributed by atoms with van der Waals surface area (Å²) in [5.74, 6) is 1.50. The largest absolute Gasteiger partial charge is 0.492 e. The number of pyridine rings is 1. The number of unbranched alkanes of at least 4 members (excludes halogenated alkanes) is 1. The minimum Gasteiger partial charge on any atom is -0.492 e. The number of ether oxygens (including phenoxy) is 1. The van der Waals surface area contributed by atoms with Crippen LogP contribution in [-0.4, -0.2) is 45.4 Å². The molecule has 3 heterocycles. The molecule has 0 aliphatic carbocycles. The summed E-state index contributed by atoms with van der Waals surface area (Å²) >= 11 is 0. The Labute approximate surface area is 123 Å². The Balaban J connectivity index is 1.83. The first kappa shape index (κ1) is 14.0. The van der Waals surface area contributed by atoms with Gasteiger partial charge in [-0.05, 0) is 13.3 Å². The summed E-state index contributed by atoms with van der Waals surface area (Å²) in [6.45, 7) is 5.77. The fourth-order valence-corrected chi connectivity index (χ4v) is 2.48. The van der Waals surface area contributed by atoms with Crippen molar-refractivity contribution in [3.8, 4) is 5.75 Å². The van der Waals surface area contributed by atoms with Crippen LogP contribution in [0.1, 0.15) is 26.7 Å². The fourth-order valence-electron chi connectivity index (χ4n) is 2.48. The van der Waals surface area contributed by atoms with E-state index in [1.807, 2.05) is 17.9 Å². The Morgan fingerprint density at radius 2 is 2.14 bits per heavy atom. The van der Waals surface area contributed by atoms with E-state index in [2.05, 4.69) is 21.9 Å². The highest BCUT2D eigenvalue weighted by molar-refractivity contribution is 5.86. The van der Waals surface area contributed by atoms with Gasteiger partial charge in [0.15, 0.2) is 5.82 Å². The summed E-state index contributed by atoms with van der Waals surface area (Å²) in [5, 5.41) is 9.86. The van der Waals surface area contributed by atoms with E-state index in [0.717, 1.165) is 35.4 Å². The fraction of sp³-hybridized carbons (Fsp3) is 0.533. The van der Waals surface area contributed by atoms with Crippen LogP contribution in [0.5, 0.6) is 5.75 Å². The average Bonchev–Trinajstić information content (AvgIpc) is 2.44. The molecule has 3 rings (SSSR count). The molecule has 112 valence electrons. The second-order valence-corrected chi connectivity index (χ2v) is 5.79. The van der Waals surface area contributed by atoms with Crippen LogP contribution in [0.3, 0.4) is 0 Å². The molecule has 0 amide bonds. The number of β-amino-alcohol motifs (C(OH)–C–C–N with tert-alkyl or cyclic N) is 1. The molecular weight excluding hydrogens is 268 g/mol. The van der Waals surface area contributed by atoms with Gasteiger partial charge in [0.2, 0.25) is 0 Å². The van der Waals surface area contributed by atoms with Gasteiger partial charge in [-0.2, -0.15) is 0 Å². The van der Waals surface area contributed by atoms with E-state index in [1.165, 1.54) is 6.33 Å². The minimum atomic E-state index is -0.638. The summed E-state index contributed by atoms with van der Waals surface area (Å²) in [6.07, 6.45) is 5.36. The molecule has 0 radical (unpaired) electrons. The number of hydrogen-bond acceptors (Lipinski definition) is 6. The normalized spacial score (nSPS) is 16.8. The van der Waals surface area contributed by atoms with Gasteiger partial charge in [0.1, 0.15) is 17.6 Å². The molecule has 0 saturated carbocycles. The standard InChI is InChI=1S/C15H20N4O2/c1-3-4-5-21-11-6-12-13(16-7-11)14(18-10-17-12)19-8-15(2,20)9-19/h6-7,10,20H,3-5,8-9H2,1-2H3. The molecule has 0 atom stereocenters. The van der Waals surface area contributed by atoms with Crippen LogP contribution in [0.15, 0.2) is 18.6 Å². The average molecular weight is 288 g/mol. The van der Waals surface area contributed by atoms with Gasteiger partial charge in [0.25, 0.3) is 0 Å². The summed E-state index contributed by atoms with van der Waals surface area (Å²) in [5.41, 5.74) is 0.872. The molecule has 2 aromatic rings. The summed E-state index contributed by atoms with van der Waals surface area (Å²) < 4.78 is 5.65. The molecule has 1 aliphatic rings. The second kappa shape index (κ2) is 5.44. The maximum absolute atomic E-state index is 9.86. The number of hydrogen-bond donors (Lipinski definition) is 1. The number of aliphatic hydroxyl groups is 1. The van der Waals surface area contributed by atoms with E-state index in [0.29, 0.717) is 19.7 Å². The zero-order valence-corrected chi connectivity index (χ0v) is 12.4. The van der Waals surface area contributed by atoms with Crippen LogP contribution < -0.4 is 9.64 Å². The van der Waals surface area contributed by atoms with Crippen molar-refractivity contribution in [2.24, 2.45) is 0 Å². The monoisotopic (exact) mass is 288 g/mol. The van der Waals surface area contributed by atoms with Crippen molar-refractivity contribution in [3.63, 3.8) is 0 Å². The Kier molecular flexibility index (Phi) is 3.63. The van der Waals surface area contributed by atoms with E-state index in [4.69, 9.17) is 4.74 Å². The van der Waals surface area contributed by atoms with Crippen molar-refractivity contribution in [1.82, 2.24) is 15.0 Å². The molecule has 6 nitrogen and oxygen atoms in total. The Morgan fingerprint density at radius 1 is 1.33 bits per heavy atom. The maximum Gasteiger partial charge on any atom is 0.158 e. The van der Waals surface area contributed by atoms with Crippen molar-refractivity contribution >= 4 is 16.9 Å². The lowest BCUT2D eigenvalue weighted by Crippen LogP contribution is -2.60. The number of rotatable bonds is 5. The first-order valence-corrected chi connectivity index (χ1v) is 7.30. The van der Waals surface area contributed by atoms with Crippen LogP contribution in [0.2, 0.25) is 0 Å². The van der Waals surface area contributed by atoms with Gasteiger partial charge in [0, 0.05) is 19.2 Å². The second-order valence-electron chi connectivity index (χ2n) is 5.79. The molecule has 0 unspecified atom stereocenters. The van der Waals surface area contributed by atoms with Crippen molar-refractivity contribution in [1.29, 1.82) is 0 Å². The van der Waals surface area contributed by atoms with Gasteiger partial charge in [-0.15, -0.1) is 0 Å². The molecule has 1 aliphatic heterocycles. The van der Waals surface area contributed by atoms with Gasteiger partial charge >= 0.3 is 0 Å². The minimum absolute atomic E-state index is 0.565. The highest BCUT2D eigenvalue weighted by Crippen LogP contribution is 2.30. The molecule has 1 saturated heterocycles. The molecule has 0 spiro atoms. The highest BCUT2D eigenvalue weighted by atomic mass is 16.5. The first-order valence-electron chi connectivity index (χ1n) is 7.30. The van der Waals surface area contributed by atoms with Crippen LogP contribution >= 0.6 is 0 Å². The molecule has 6 heteroatoms. The van der Waals surface area contributed by atoms with E-state index in [-0.39, 0.29) is 0 Å². The van der Waals surface area contributed by atoms with Crippen LogP contribution in [0.4, 0.5) is 5.82 Å². The van der Waals surface area contributed by atoms with E-state index in [9.17, 15) is 5.11 Å². The quantitative estimate of drug-likeness (QED) is 0.846. The third-order valence-electron chi connectivity index (χ3n) is 3.56. The van der Waals surface area contributed by atoms with Gasteiger partial charge < -0.3 is 14.7 Å². The molecule has 21 heavy (non-hydrogen) atoms. The Bertz CT molecular complexity index is 637. The predicted molar refractivity (Wildman–Crippen MR) is 80.6 cm³/mol. The number of fused-ring (bicyclic) bond motifs is 1. The lowest BCUT2D eigenvalue weighted by molar-refractivity contribution is 0.0307. The topological polar surface area (TPSA) is 71.4 Å². The molecule has 2 aromatic heterocycles. The highest BCUT2D eigenvalue weighted by Gasteiger charge is 2.38. The molecule has 0 aromatic carbocycles. The Morgan fingerprint density at radius 3 is 2.86 bits per heavy atom. The van der Waals surface area contributed by atoms with Crippen LogP contribution in [0, 0.1) is 0 Å². The predicted octanol–water partition coefficient (Wildman–Crippen LogP) is 1.77. The van der Waals surface area contributed by atoms with Crippen molar-refractivity contribution in [2.75, 3.05) is 24.6 Å². The van der Waals surface area contributed by atoms with Gasteiger partial charge in [0.05, 0.1) is 23.9 Å². The maximum atomic E-state index is 9.86. The van der Waals surface area contributed by atoms with E-state index < -0.39 is 5.60 Å². The Hall–Kier alpha value is -1.95. The molecule has 1 N–H and O–H groups in total. The number of aromatic nitrogens is 3. The smallest absolute Gasteiger partial charge is 0.158 e. The third-order valence-corrected chi connectivity index (χ3v) is 3.56. The first-order chi connectivity index (χ1) is 10.1. The third kappa shape index (κ3) is 2.90. The van der Waals surface area contributed by atoms with Crippen LogP contribution in [0.25, 0.3) is 11.0 Å². The zero-order chi connectivity index (χ0) is 14.9. The van der Waals surface area contributed by atoms with Crippen molar-refractivity contribution < 1.29 is 9.84 Å². The molecule has 1 fully saturated rings. The number of nitrogens with zero attached hydrogens (tertiary/aromatic N) is 4. The van der Waals surface area contributed by atoms with E-state index >= 15 is 0 Å². The van der Waals surface area contributed by atoms with Crippen molar-refractivity contribution in [2.45, 2.75) is 32.3 Å². The van der Waals surface area contributed by atoms with E-state index in [1.54, 1.807) is 6.20 Å². The van der Waals surface area contributed by atoms with Gasteiger partial charge in [-0.1, -0.05) is 13.3 Å². The summed E-state index contributed by atoms with van der Waals surface area (Å²) in [7, 11) is 0. The summed E-state index contributed by atoms with van der Waals surface area (Å²) in [6, 6.07) is 1.89. The van der Waals surface area contributed by atoms with Gasteiger partial charge in [-0.3, -0.25) is 0 Å². The van der Waals surface area contributed by atoms with Gasteiger partial charge in [-0.25, -0.2) is 15.0 Å². The molecule has 0 bridgehead atoms. The van der Waals surface area contributed by atoms with Crippen LogP contribution in [-0.2, 0) is 0 Å². The lowest BCUT2D eigenvalue weighted by atomic mass is 9.97. The summed E-state index contributed by atoms with van der Waals surface area (Å²) in [4.78, 5) is 15.0. The number of anilines is 1. The van der Waals surface area contributed by atoms with Crippen molar-refractivity contribution in [3.05, 3.63) is 18.6 Å². The SMILES string of the molecule is CCCCOc1cnc2c(N3CC(C)(O)C3)ncnc2c1.